The Morgan fingerprint density at radius 2 is 1.76 bits per heavy atom. The van der Waals surface area contributed by atoms with Crippen LogP contribution in [-0.2, 0) is 15.6 Å². The Balaban J connectivity index is 2.39. The van der Waals surface area contributed by atoms with Gasteiger partial charge in [0.1, 0.15) is 0 Å². The highest BCUT2D eigenvalue weighted by atomic mass is 35.5. The molecule has 1 unspecified atom stereocenters. The zero-order valence-corrected chi connectivity index (χ0v) is 13.2. The van der Waals surface area contributed by atoms with Crippen LogP contribution in [0, 0.1) is 6.57 Å². The molecule has 0 heterocycles. The second-order valence-electron chi connectivity index (χ2n) is 4.44. The van der Waals surface area contributed by atoms with Crippen molar-refractivity contribution in [2.75, 3.05) is 0 Å². The summed E-state index contributed by atoms with van der Waals surface area (Å²) in [4.78, 5) is 3.25. The first-order valence-corrected chi connectivity index (χ1v) is 8.48. The van der Waals surface area contributed by atoms with E-state index in [9.17, 15) is 8.42 Å². The monoisotopic (exact) mass is 339 g/mol. The quantitative estimate of drug-likeness (QED) is 0.767. The first-order valence-electron chi connectivity index (χ1n) is 6.01. The van der Waals surface area contributed by atoms with E-state index in [1.165, 1.54) is 18.2 Å². The topological polar surface area (TPSA) is 38.5 Å². The zero-order chi connectivity index (χ0) is 15.5. The number of nitrogens with zero attached hydrogens (tertiary/aromatic N) is 1. The van der Waals surface area contributed by atoms with Crippen LogP contribution in [0.4, 0.5) is 0 Å². The molecule has 0 saturated carbocycles. The molecule has 21 heavy (non-hydrogen) atoms. The molecule has 0 spiro atoms. The Labute approximate surface area is 133 Å². The third-order valence-electron chi connectivity index (χ3n) is 2.90. The van der Waals surface area contributed by atoms with Crippen LogP contribution in [0.1, 0.15) is 16.5 Å². The summed E-state index contributed by atoms with van der Waals surface area (Å²) in [6.07, 6.45) is 0. The number of sulfone groups is 1. The van der Waals surface area contributed by atoms with Gasteiger partial charge in [-0.2, -0.15) is 0 Å². The number of halogens is 2. The summed E-state index contributed by atoms with van der Waals surface area (Å²) in [6.45, 7) is 7.22. The summed E-state index contributed by atoms with van der Waals surface area (Å²) < 4.78 is 24.9. The molecule has 2 rings (SSSR count). The zero-order valence-electron chi connectivity index (χ0n) is 10.8. The van der Waals surface area contributed by atoms with E-state index in [4.69, 9.17) is 29.8 Å². The van der Waals surface area contributed by atoms with Crippen LogP contribution >= 0.6 is 23.2 Å². The lowest BCUT2D eigenvalue weighted by Gasteiger charge is -2.09. The van der Waals surface area contributed by atoms with Gasteiger partial charge >= 0.3 is 5.37 Å². The van der Waals surface area contributed by atoms with Crippen molar-refractivity contribution in [3.05, 3.63) is 81.1 Å². The molecule has 1 atom stereocenters. The van der Waals surface area contributed by atoms with E-state index in [0.29, 0.717) is 10.6 Å². The average Bonchev–Trinajstić information content (AvgIpc) is 2.42. The summed E-state index contributed by atoms with van der Waals surface area (Å²) in [6, 6.07) is 13.2. The summed E-state index contributed by atoms with van der Waals surface area (Å²) >= 11 is 11.8. The van der Waals surface area contributed by atoms with Crippen molar-refractivity contribution in [2.45, 2.75) is 11.1 Å². The first kappa shape index (κ1) is 15.8. The molecule has 0 aliphatic heterocycles. The Morgan fingerprint density at radius 1 is 1.10 bits per heavy atom. The van der Waals surface area contributed by atoms with E-state index < -0.39 is 15.2 Å². The van der Waals surface area contributed by atoms with Crippen LogP contribution < -0.4 is 0 Å². The third kappa shape index (κ3) is 3.76. The third-order valence-corrected chi connectivity index (χ3v) is 5.23. The van der Waals surface area contributed by atoms with Crippen molar-refractivity contribution < 1.29 is 8.42 Å². The highest BCUT2D eigenvalue weighted by Crippen LogP contribution is 2.33. The Hall–Kier alpha value is -1.54. The van der Waals surface area contributed by atoms with Crippen LogP contribution in [-0.4, -0.2) is 8.42 Å². The van der Waals surface area contributed by atoms with Crippen LogP contribution in [0.5, 0.6) is 0 Å². The van der Waals surface area contributed by atoms with E-state index in [2.05, 4.69) is 4.85 Å². The lowest BCUT2D eigenvalue weighted by molar-refractivity contribution is 0.589. The van der Waals surface area contributed by atoms with Crippen LogP contribution in [0.2, 0.25) is 10.0 Å². The second kappa shape index (κ2) is 6.48. The summed E-state index contributed by atoms with van der Waals surface area (Å²) in [5.41, 5.74) is 0.892. The van der Waals surface area contributed by atoms with Crippen molar-refractivity contribution >= 4 is 33.0 Å². The van der Waals surface area contributed by atoms with Gasteiger partial charge in [-0.3, -0.25) is 4.85 Å². The second-order valence-corrected chi connectivity index (χ2v) is 7.34. The Morgan fingerprint density at radius 3 is 2.33 bits per heavy atom. The minimum absolute atomic E-state index is 0.181. The molecule has 2 aromatic rings. The van der Waals surface area contributed by atoms with Gasteiger partial charge in [-0.15, -0.1) is 0 Å². The van der Waals surface area contributed by atoms with Gasteiger partial charge in [-0.05, 0) is 23.8 Å². The van der Waals surface area contributed by atoms with Crippen LogP contribution in [0.25, 0.3) is 4.85 Å². The molecule has 108 valence electrons. The average molecular weight is 340 g/mol. The highest BCUT2D eigenvalue weighted by molar-refractivity contribution is 7.91. The molecule has 3 nitrogen and oxygen atoms in total. The minimum atomic E-state index is -3.70. The fourth-order valence-corrected chi connectivity index (χ4v) is 4.08. The van der Waals surface area contributed by atoms with E-state index in [-0.39, 0.29) is 16.3 Å². The van der Waals surface area contributed by atoms with E-state index in [1.807, 2.05) is 0 Å². The highest BCUT2D eigenvalue weighted by Gasteiger charge is 2.34. The molecule has 0 amide bonds. The Kier molecular flexibility index (Phi) is 4.89. The van der Waals surface area contributed by atoms with E-state index >= 15 is 0 Å². The Bertz CT molecular complexity index is 783. The van der Waals surface area contributed by atoms with Crippen LogP contribution in [0.3, 0.4) is 0 Å². The molecular formula is C15H11Cl2NO2S. The molecule has 0 radical (unpaired) electrons. The summed E-state index contributed by atoms with van der Waals surface area (Å²) in [5, 5.41) is -0.754. The smallest absolute Gasteiger partial charge is 0.291 e. The molecule has 0 aromatic heterocycles. The molecule has 0 saturated heterocycles. The van der Waals surface area contributed by atoms with Crippen molar-refractivity contribution in [1.29, 1.82) is 0 Å². The summed E-state index contributed by atoms with van der Waals surface area (Å²) in [5.74, 6) is -0.208. The largest absolute Gasteiger partial charge is 0.347 e. The van der Waals surface area contributed by atoms with Gasteiger partial charge in [0, 0.05) is 5.02 Å². The lowest BCUT2D eigenvalue weighted by atomic mass is 10.2. The van der Waals surface area contributed by atoms with Gasteiger partial charge < -0.3 is 0 Å². The maximum absolute atomic E-state index is 12.5. The standard InChI is InChI=1S/C15H11Cl2NO2S/c1-18-15(13-8-7-12(16)9-14(13)17)21(19,20)10-11-5-3-2-4-6-11/h2-9,15H,10H2. The number of rotatable bonds is 4. The number of hydrogen-bond acceptors (Lipinski definition) is 2. The lowest BCUT2D eigenvalue weighted by Crippen LogP contribution is -2.13. The maximum atomic E-state index is 12.5. The van der Waals surface area contributed by atoms with Gasteiger partial charge in [-0.25, -0.2) is 15.0 Å². The molecular weight excluding hydrogens is 329 g/mol. The molecule has 0 bridgehead atoms. The van der Waals surface area contributed by atoms with Crippen molar-refractivity contribution in [1.82, 2.24) is 0 Å². The van der Waals surface area contributed by atoms with Gasteiger partial charge in [0.15, 0.2) is 0 Å². The fraction of sp³-hybridized carbons (Fsp3) is 0.133. The normalized spacial score (nSPS) is 12.6. The number of benzene rings is 2. The number of hydrogen-bond donors (Lipinski definition) is 0. The predicted octanol–water partition coefficient (Wildman–Crippen LogP) is 4.53. The predicted molar refractivity (Wildman–Crippen MR) is 84.9 cm³/mol. The van der Waals surface area contributed by atoms with Gasteiger partial charge in [0.05, 0.1) is 16.3 Å². The molecule has 6 heteroatoms. The first-order chi connectivity index (χ1) is 9.94. The van der Waals surface area contributed by atoms with Gasteiger partial charge in [-0.1, -0.05) is 53.5 Å². The van der Waals surface area contributed by atoms with E-state index in [1.54, 1.807) is 30.3 Å². The minimum Gasteiger partial charge on any atom is -0.291 e. The fourth-order valence-electron chi connectivity index (χ4n) is 1.93. The van der Waals surface area contributed by atoms with Crippen molar-refractivity contribution in [3.63, 3.8) is 0 Å². The van der Waals surface area contributed by atoms with Crippen molar-refractivity contribution in [2.24, 2.45) is 0 Å². The maximum Gasteiger partial charge on any atom is 0.347 e. The molecule has 0 aliphatic rings. The molecule has 2 aromatic carbocycles. The van der Waals surface area contributed by atoms with E-state index in [0.717, 1.165) is 0 Å². The molecule has 0 N–H and O–H groups in total. The summed E-state index contributed by atoms with van der Waals surface area (Å²) in [7, 11) is -3.70. The molecule has 0 fully saturated rings. The van der Waals surface area contributed by atoms with Gasteiger partial charge in [0.2, 0.25) is 9.84 Å². The molecule has 0 aliphatic carbocycles. The van der Waals surface area contributed by atoms with Gasteiger partial charge in [0.25, 0.3) is 0 Å². The SMILES string of the molecule is [C-]#[N+]C(c1ccc(Cl)cc1Cl)S(=O)(=O)Cc1ccccc1. The van der Waals surface area contributed by atoms with Crippen molar-refractivity contribution in [3.8, 4) is 0 Å². The van der Waals surface area contributed by atoms with Crippen LogP contribution in [0.15, 0.2) is 48.5 Å².